The lowest BCUT2D eigenvalue weighted by atomic mass is 10.1. The molecule has 0 aliphatic carbocycles. The van der Waals surface area contributed by atoms with Gasteiger partial charge in [-0.25, -0.2) is 8.42 Å². The second-order valence-electron chi connectivity index (χ2n) is 4.15. The zero-order valence-electron chi connectivity index (χ0n) is 10.1. The molecule has 0 saturated carbocycles. The van der Waals surface area contributed by atoms with E-state index in [-0.39, 0.29) is 4.90 Å². The van der Waals surface area contributed by atoms with Gasteiger partial charge in [0.1, 0.15) is 6.33 Å². The van der Waals surface area contributed by atoms with Crippen LogP contribution in [0.3, 0.4) is 0 Å². The quantitative estimate of drug-likeness (QED) is 0.701. The minimum atomic E-state index is -3.22. The smallest absolute Gasteiger partial charge is 0.177 e. The number of sulfone groups is 1. The summed E-state index contributed by atoms with van der Waals surface area (Å²) in [5, 5.41) is 11.9. The average molecular weight is 274 g/mol. The molecule has 2 aromatic heterocycles. The van der Waals surface area contributed by atoms with Gasteiger partial charge in [0, 0.05) is 11.8 Å². The van der Waals surface area contributed by atoms with Crippen LogP contribution in [0.2, 0.25) is 0 Å². The maximum Gasteiger partial charge on any atom is 0.177 e. The van der Waals surface area contributed by atoms with E-state index in [2.05, 4.69) is 15.3 Å². The summed E-state index contributed by atoms with van der Waals surface area (Å²) in [7, 11) is -3.22. The molecule has 0 fully saturated rings. The molecular weight excluding hydrogens is 264 g/mol. The van der Waals surface area contributed by atoms with Crippen LogP contribution < -0.4 is 0 Å². The summed E-state index contributed by atoms with van der Waals surface area (Å²) in [5.74, 6) is 0. The molecule has 3 aromatic rings. The van der Waals surface area contributed by atoms with E-state index in [1.54, 1.807) is 34.8 Å². The first-order valence-corrected chi connectivity index (χ1v) is 7.41. The van der Waals surface area contributed by atoms with Crippen molar-refractivity contribution >= 4 is 15.5 Å². The van der Waals surface area contributed by atoms with E-state index in [0.717, 1.165) is 5.56 Å². The van der Waals surface area contributed by atoms with Crippen molar-refractivity contribution in [1.82, 2.24) is 19.8 Å². The number of nitrogens with zero attached hydrogens (tertiary/aromatic N) is 4. The summed E-state index contributed by atoms with van der Waals surface area (Å²) >= 11 is 0. The van der Waals surface area contributed by atoms with E-state index in [0.29, 0.717) is 11.3 Å². The Labute approximate surface area is 109 Å². The molecule has 0 atom stereocenters. The van der Waals surface area contributed by atoms with Crippen molar-refractivity contribution < 1.29 is 8.42 Å². The lowest BCUT2D eigenvalue weighted by Gasteiger charge is -2.03. The van der Waals surface area contributed by atoms with Crippen molar-refractivity contribution in [2.75, 3.05) is 6.26 Å². The van der Waals surface area contributed by atoms with Gasteiger partial charge >= 0.3 is 0 Å². The largest absolute Gasteiger partial charge is 0.224 e. The van der Waals surface area contributed by atoms with Gasteiger partial charge in [-0.3, -0.25) is 0 Å². The number of benzene rings is 1. The maximum atomic E-state index is 11.5. The highest BCUT2D eigenvalue weighted by molar-refractivity contribution is 7.90. The number of rotatable bonds is 2. The van der Waals surface area contributed by atoms with Crippen molar-refractivity contribution in [2.24, 2.45) is 0 Å². The number of hydrogen-bond donors (Lipinski definition) is 0. The number of aromatic nitrogens is 4. The fourth-order valence-electron chi connectivity index (χ4n) is 1.77. The Kier molecular flexibility index (Phi) is 2.56. The Hall–Kier alpha value is -2.28. The topological polar surface area (TPSA) is 77.2 Å². The Balaban J connectivity index is 2.15. The highest BCUT2D eigenvalue weighted by Gasteiger charge is 2.09. The van der Waals surface area contributed by atoms with Crippen LogP contribution in [0.25, 0.3) is 16.9 Å². The van der Waals surface area contributed by atoms with Crippen LogP contribution in [0.1, 0.15) is 0 Å². The molecule has 0 spiro atoms. The van der Waals surface area contributed by atoms with Gasteiger partial charge < -0.3 is 0 Å². The van der Waals surface area contributed by atoms with Crippen molar-refractivity contribution in [3.05, 3.63) is 42.7 Å². The van der Waals surface area contributed by atoms with Crippen LogP contribution in [0, 0.1) is 0 Å². The summed E-state index contributed by atoms with van der Waals surface area (Å²) < 4.78 is 24.6. The van der Waals surface area contributed by atoms with Gasteiger partial charge in [0.2, 0.25) is 0 Å². The highest BCUT2D eigenvalue weighted by atomic mass is 32.2. The zero-order valence-corrected chi connectivity index (χ0v) is 10.9. The summed E-state index contributed by atoms with van der Waals surface area (Å²) in [5.41, 5.74) is 2.04. The summed E-state index contributed by atoms with van der Waals surface area (Å²) in [6.45, 7) is 0. The SMILES string of the molecule is CS(=O)(=O)c1cccc(-c2ccc3nncn3n2)c1. The highest BCUT2D eigenvalue weighted by Crippen LogP contribution is 2.20. The van der Waals surface area contributed by atoms with Crippen molar-refractivity contribution in [3.63, 3.8) is 0 Å². The Morgan fingerprint density at radius 3 is 2.79 bits per heavy atom. The van der Waals surface area contributed by atoms with Gasteiger partial charge in [0.05, 0.1) is 10.6 Å². The molecular formula is C12H10N4O2S. The molecule has 0 unspecified atom stereocenters. The summed E-state index contributed by atoms with van der Waals surface area (Å²) in [6, 6.07) is 10.2. The van der Waals surface area contributed by atoms with Crippen LogP contribution in [0.5, 0.6) is 0 Å². The van der Waals surface area contributed by atoms with Gasteiger partial charge in [-0.1, -0.05) is 12.1 Å². The van der Waals surface area contributed by atoms with Gasteiger partial charge in [-0.2, -0.15) is 9.61 Å². The predicted molar refractivity (Wildman–Crippen MR) is 69.3 cm³/mol. The molecule has 0 amide bonds. The summed E-state index contributed by atoms with van der Waals surface area (Å²) in [6.07, 6.45) is 2.68. The maximum absolute atomic E-state index is 11.5. The summed E-state index contributed by atoms with van der Waals surface area (Å²) in [4.78, 5) is 0.274. The van der Waals surface area contributed by atoms with Crippen LogP contribution in [0.4, 0.5) is 0 Å². The number of fused-ring (bicyclic) bond motifs is 1. The van der Waals surface area contributed by atoms with Gasteiger partial charge in [0.25, 0.3) is 0 Å². The Morgan fingerprint density at radius 2 is 2.00 bits per heavy atom. The van der Waals surface area contributed by atoms with E-state index >= 15 is 0 Å². The average Bonchev–Trinajstić information content (AvgIpc) is 2.85. The molecule has 0 bridgehead atoms. The molecule has 6 nitrogen and oxygen atoms in total. The van der Waals surface area contributed by atoms with E-state index in [4.69, 9.17) is 0 Å². The standard InChI is InChI=1S/C12H10N4O2S/c1-19(17,18)10-4-2-3-9(7-10)11-5-6-12-14-13-8-16(12)15-11/h2-8H,1H3. The molecule has 0 aliphatic heterocycles. The zero-order chi connectivity index (χ0) is 13.5. The lowest BCUT2D eigenvalue weighted by Crippen LogP contribution is -1.98. The van der Waals surface area contributed by atoms with E-state index in [1.807, 2.05) is 6.07 Å². The molecule has 7 heteroatoms. The monoisotopic (exact) mass is 274 g/mol. The molecule has 0 radical (unpaired) electrons. The number of hydrogen-bond acceptors (Lipinski definition) is 5. The van der Waals surface area contributed by atoms with Crippen LogP contribution in [-0.2, 0) is 9.84 Å². The second kappa shape index (κ2) is 4.13. The van der Waals surface area contributed by atoms with Gasteiger partial charge in [-0.05, 0) is 24.3 Å². The van der Waals surface area contributed by atoms with Crippen molar-refractivity contribution in [1.29, 1.82) is 0 Å². The predicted octanol–water partition coefficient (Wildman–Crippen LogP) is 1.19. The van der Waals surface area contributed by atoms with E-state index in [9.17, 15) is 8.42 Å². The second-order valence-corrected chi connectivity index (χ2v) is 6.17. The Bertz CT molecular complexity index is 855. The van der Waals surface area contributed by atoms with E-state index < -0.39 is 9.84 Å². The molecule has 19 heavy (non-hydrogen) atoms. The first-order valence-electron chi connectivity index (χ1n) is 5.51. The third kappa shape index (κ3) is 2.19. The van der Waals surface area contributed by atoms with Crippen LogP contribution >= 0.6 is 0 Å². The molecule has 3 rings (SSSR count). The van der Waals surface area contributed by atoms with Gasteiger partial charge in [-0.15, -0.1) is 10.2 Å². The normalized spacial score (nSPS) is 11.8. The molecule has 0 aliphatic rings. The van der Waals surface area contributed by atoms with E-state index in [1.165, 1.54) is 12.6 Å². The van der Waals surface area contributed by atoms with Gasteiger partial charge in [0.15, 0.2) is 15.5 Å². The fraction of sp³-hybridized carbons (Fsp3) is 0.0833. The van der Waals surface area contributed by atoms with Crippen molar-refractivity contribution in [3.8, 4) is 11.3 Å². The third-order valence-electron chi connectivity index (χ3n) is 2.72. The molecule has 0 saturated heterocycles. The van der Waals surface area contributed by atoms with Crippen molar-refractivity contribution in [2.45, 2.75) is 4.90 Å². The van der Waals surface area contributed by atoms with Crippen LogP contribution in [0.15, 0.2) is 47.6 Å². The minimum absolute atomic E-state index is 0.274. The molecule has 0 N–H and O–H groups in total. The fourth-order valence-corrected chi connectivity index (χ4v) is 2.44. The lowest BCUT2D eigenvalue weighted by molar-refractivity contribution is 0.602. The third-order valence-corrected chi connectivity index (χ3v) is 3.83. The van der Waals surface area contributed by atoms with Crippen LogP contribution in [-0.4, -0.2) is 34.5 Å². The first kappa shape index (κ1) is 11.8. The molecule has 1 aromatic carbocycles. The Morgan fingerprint density at radius 1 is 1.16 bits per heavy atom. The molecule has 96 valence electrons. The minimum Gasteiger partial charge on any atom is -0.224 e. The molecule has 2 heterocycles. The first-order chi connectivity index (χ1) is 9.04.